The van der Waals surface area contributed by atoms with Gasteiger partial charge < -0.3 is 0 Å². The van der Waals surface area contributed by atoms with E-state index in [1.807, 2.05) is 0 Å². The summed E-state index contributed by atoms with van der Waals surface area (Å²) in [6.45, 7) is 11.5. The van der Waals surface area contributed by atoms with E-state index in [0.29, 0.717) is 5.41 Å². The molecule has 21 heavy (non-hydrogen) atoms. The van der Waals surface area contributed by atoms with Gasteiger partial charge in [0.2, 0.25) is 0 Å². The summed E-state index contributed by atoms with van der Waals surface area (Å²) >= 11 is 0. The van der Waals surface area contributed by atoms with Crippen molar-refractivity contribution in [3.8, 4) is 0 Å². The molecular weight excluding hydrogens is 252 g/mol. The molecule has 0 heterocycles. The Kier molecular flexibility index (Phi) is 2.90. The van der Waals surface area contributed by atoms with Crippen LogP contribution < -0.4 is 0 Å². The van der Waals surface area contributed by atoms with Gasteiger partial charge in [-0.1, -0.05) is 31.2 Å². The normalized spacial score (nSPS) is 37.9. The van der Waals surface area contributed by atoms with Crippen LogP contribution in [0.25, 0.3) is 0 Å². The van der Waals surface area contributed by atoms with E-state index in [2.05, 4.69) is 39.5 Å². The van der Waals surface area contributed by atoms with Gasteiger partial charge in [0.05, 0.1) is 0 Å². The van der Waals surface area contributed by atoms with Gasteiger partial charge >= 0.3 is 0 Å². The summed E-state index contributed by atoms with van der Waals surface area (Å²) in [6.07, 6.45) is 8.14. The number of allylic oxidation sites excluding steroid dienone is 1. The third kappa shape index (κ3) is 1.81. The van der Waals surface area contributed by atoms with Crippen LogP contribution in [0, 0.1) is 31.1 Å². The Hall–Kier alpha value is -1.04. The standard InChI is InChI=1S/C21H28/c1-13-11-16-6-7-18-17(19(16)12-14(13)2)9-10-21(4)15(3)5-8-20(18)21/h11-12,17-18,20H,3,5-10H2,1-2,4H3. The highest BCUT2D eigenvalue weighted by atomic mass is 14.6. The molecule has 0 radical (unpaired) electrons. The van der Waals surface area contributed by atoms with Gasteiger partial charge in [-0.05, 0) is 97.8 Å². The van der Waals surface area contributed by atoms with Crippen molar-refractivity contribution in [3.05, 3.63) is 46.5 Å². The second-order valence-electron chi connectivity index (χ2n) is 8.15. The van der Waals surface area contributed by atoms with E-state index < -0.39 is 0 Å². The van der Waals surface area contributed by atoms with Gasteiger partial charge in [-0.2, -0.15) is 0 Å². The summed E-state index contributed by atoms with van der Waals surface area (Å²) in [4.78, 5) is 0. The van der Waals surface area contributed by atoms with Crippen LogP contribution >= 0.6 is 0 Å². The fraction of sp³-hybridized carbons (Fsp3) is 0.619. The second kappa shape index (κ2) is 4.48. The first-order chi connectivity index (χ1) is 10.0. The van der Waals surface area contributed by atoms with E-state index in [9.17, 15) is 0 Å². The van der Waals surface area contributed by atoms with Crippen molar-refractivity contribution in [2.75, 3.05) is 0 Å². The molecule has 1 aromatic carbocycles. The number of benzene rings is 1. The molecule has 0 aromatic heterocycles. The molecule has 0 bridgehead atoms. The number of rotatable bonds is 0. The van der Waals surface area contributed by atoms with Crippen LogP contribution in [-0.4, -0.2) is 0 Å². The fourth-order valence-electron chi connectivity index (χ4n) is 5.77. The molecule has 3 aliphatic carbocycles. The molecule has 2 fully saturated rings. The van der Waals surface area contributed by atoms with Crippen LogP contribution in [-0.2, 0) is 6.42 Å². The van der Waals surface area contributed by atoms with E-state index in [1.54, 1.807) is 16.7 Å². The first kappa shape index (κ1) is 13.6. The average Bonchev–Trinajstić information content (AvgIpc) is 2.76. The number of aryl methyl sites for hydroxylation is 3. The first-order valence-corrected chi connectivity index (χ1v) is 8.79. The molecule has 0 saturated heterocycles. The van der Waals surface area contributed by atoms with Crippen molar-refractivity contribution in [2.45, 2.75) is 65.2 Å². The van der Waals surface area contributed by atoms with Gasteiger partial charge in [0.15, 0.2) is 0 Å². The monoisotopic (exact) mass is 280 g/mol. The van der Waals surface area contributed by atoms with Crippen LogP contribution in [0.15, 0.2) is 24.3 Å². The van der Waals surface area contributed by atoms with Gasteiger partial charge in [-0.15, -0.1) is 0 Å². The molecule has 3 aliphatic rings. The predicted octanol–water partition coefficient (Wildman–Crippen LogP) is 5.72. The zero-order chi connectivity index (χ0) is 14.8. The molecule has 0 N–H and O–H groups in total. The largest absolute Gasteiger partial charge is 0.0993 e. The molecular formula is C21H28. The van der Waals surface area contributed by atoms with E-state index >= 15 is 0 Å². The summed E-state index contributed by atoms with van der Waals surface area (Å²) in [6, 6.07) is 5.00. The van der Waals surface area contributed by atoms with Crippen molar-refractivity contribution >= 4 is 0 Å². The maximum Gasteiger partial charge on any atom is -0.00876 e. The summed E-state index contributed by atoms with van der Waals surface area (Å²) in [5.41, 5.74) is 8.32. The minimum absolute atomic E-state index is 0.457. The molecule has 0 amide bonds. The third-order valence-electron chi connectivity index (χ3n) is 7.29. The topological polar surface area (TPSA) is 0 Å². The van der Waals surface area contributed by atoms with Crippen LogP contribution in [0.5, 0.6) is 0 Å². The predicted molar refractivity (Wildman–Crippen MR) is 89.7 cm³/mol. The maximum absolute atomic E-state index is 4.42. The van der Waals surface area contributed by atoms with Gasteiger partial charge in [0.1, 0.15) is 0 Å². The van der Waals surface area contributed by atoms with Crippen molar-refractivity contribution in [1.82, 2.24) is 0 Å². The van der Waals surface area contributed by atoms with E-state index in [1.165, 1.54) is 49.7 Å². The fourth-order valence-corrected chi connectivity index (χ4v) is 5.77. The van der Waals surface area contributed by atoms with Crippen LogP contribution in [0.2, 0.25) is 0 Å². The molecule has 0 spiro atoms. The molecule has 1 aromatic rings. The van der Waals surface area contributed by atoms with E-state index in [4.69, 9.17) is 0 Å². The van der Waals surface area contributed by atoms with Gasteiger partial charge in [0.25, 0.3) is 0 Å². The van der Waals surface area contributed by atoms with Crippen LogP contribution in [0.4, 0.5) is 0 Å². The lowest BCUT2D eigenvalue weighted by Crippen LogP contribution is -2.40. The lowest BCUT2D eigenvalue weighted by molar-refractivity contribution is 0.0816. The minimum atomic E-state index is 0.457. The molecule has 2 saturated carbocycles. The molecule has 112 valence electrons. The molecule has 0 aliphatic heterocycles. The Labute approximate surface area is 129 Å². The zero-order valence-electron chi connectivity index (χ0n) is 13.8. The summed E-state index contributed by atoms with van der Waals surface area (Å²) < 4.78 is 0. The summed E-state index contributed by atoms with van der Waals surface area (Å²) in [7, 11) is 0. The third-order valence-corrected chi connectivity index (χ3v) is 7.29. The van der Waals surface area contributed by atoms with E-state index in [0.717, 1.165) is 17.8 Å². The Balaban J connectivity index is 1.75. The minimum Gasteiger partial charge on any atom is -0.0993 e. The van der Waals surface area contributed by atoms with Gasteiger partial charge in [-0.3, -0.25) is 0 Å². The molecule has 4 rings (SSSR count). The lowest BCUT2D eigenvalue weighted by Gasteiger charge is -2.49. The van der Waals surface area contributed by atoms with Crippen molar-refractivity contribution in [1.29, 1.82) is 0 Å². The highest BCUT2D eigenvalue weighted by molar-refractivity contribution is 5.42. The number of hydrogen-bond acceptors (Lipinski definition) is 0. The zero-order valence-corrected chi connectivity index (χ0v) is 13.8. The SMILES string of the molecule is C=C1CCC2C3CCc4cc(C)c(C)cc4C3CCC12C. The summed E-state index contributed by atoms with van der Waals surface area (Å²) in [5.74, 6) is 2.65. The molecule has 4 atom stereocenters. The van der Waals surface area contributed by atoms with Crippen LogP contribution in [0.1, 0.15) is 67.2 Å². The quantitative estimate of drug-likeness (QED) is 0.533. The maximum atomic E-state index is 4.42. The van der Waals surface area contributed by atoms with Crippen molar-refractivity contribution in [3.63, 3.8) is 0 Å². The smallest absolute Gasteiger partial charge is 0.00876 e. The van der Waals surface area contributed by atoms with Crippen molar-refractivity contribution in [2.24, 2.45) is 17.3 Å². The Morgan fingerprint density at radius 2 is 1.81 bits per heavy atom. The summed E-state index contributed by atoms with van der Waals surface area (Å²) in [5, 5.41) is 0. The van der Waals surface area contributed by atoms with Crippen LogP contribution in [0.3, 0.4) is 0 Å². The Morgan fingerprint density at radius 1 is 1.05 bits per heavy atom. The average molecular weight is 280 g/mol. The second-order valence-corrected chi connectivity index (χ2v) is 8.15. The first-order valence-electron chi connectivity index (χ1n) is 8.79. The van der Waals surface area contributed by atoms with Crippen molar-refractivity contribution < 1.29 is 0 Å². The molecule has 0 heteroatoms. The Bertz CT molecular complexity index is 609. The Morgan fingerprint density at radius 3 is 2.62 bits per heavy atom. The molecule has 4 unspecified atom stereocenters. The van der Waals surface area contributed by atoms with Gasteiger partial charge in [0, 0.05) is 0 Å². The van der Waals surface area contributed by atoms with Gasteiger partial charge in [-0.25, -0.2) is 0 Å². The number of fused-ring (bicyclic) bond motifs is 5. The molecule has 0 nitrogen and oxygen atoms in total. The highest BCUT2D eigenvalue weighted by Gasteiger charge is 2.51. The lowest BCUT2D eigenvalue weighted by atomic mass is 9.55. The number of hydrogen-bond donors (Lipinski definition) is 0. The van der Waals surface area contributed by atoms with E-state index in [-0.39, 0.29) is 0 Å². The highest BCUT2D eigenvalue weighted by Crippen LogP contribution is 2.62.